The lowest BCUT2D eigenvalue weighted by Gasteiger charge is -2.07. The van der Waals surface area contributed by atoms with Crippen LogP contribution in [0, 0.1) is 0 Å². The number of aromatic amines is 1. The Morgan fingerprint density at radius 3 is 2.76 bits per heavy atom. The standard InChI is InChI=1S/C25H21ClN4O3/c1-2-3-4-21(31)24-20-13-18(26)8-10-22(20)33-25(24)17-6-5-16-12-19(9-7-15(16)11-17)32-14-23-27-29-30-28-23/h5-13H,2-4,14H2,1H3,(H,27,28,29,30). The third kappa shape index (κ3) is 4.32. The molecule has 2 aromatic heterocycles. The molecular weight excluding hydrogens is 440 g/mol. The van der Waals surface area contributed by atoms with E-state index in [0.29, 0.717) is 39.9 Å². The van der Waals surface area contributed by atoms with Gasteiger partial charge in [-0.05, 0) is 53.6 Å². The van der Waals surface area contributed by atoms with E-state index in [4.69, 9.17) is 20.8 Å². The van der Waals surface area contributed by atoms with Crippen molar-refractivity contribution in [3.63, 3.8) is 0 Å². The second-order valence-corrected chi connectivity index (χ2v) is 8.25. The number of nitrogens with zero attached hydrogens (tertiary/aromatic N) is 3. The minimum absolute atomic E-state index is 0.0678. The number of furan rings is 1. The summed E-state index contributed by atoms with van der Waals surface area (Å²) in [5, 5.41) is 17.0. The summed E-state index contributed by atoms with van der Waals surface area (Å²) in [6, 6.07) is 17.2. The van der Waals surface area contributed by atoms with Crippen molar-refractivity contribution in [3.8, 4) is 17.1 Å². The topological polar surface area (TPSA) is 93.9 Å². The lowest BCUT2D eigenvalue weighted by molar-refractivity contribution is 0.0981. The van der Waals surface area contributed by atoms with Gasteiger partial charge in [-0.1, -0.05) is 48.4 Å². The summed E-state index contributed by atoms with van der Waals surface area (Å²) < 4.78 is 11.9. The second kappa shape index (κ2) is 9.03. The van der Waals surface area contributed by atoms with Crippen molar-refractivity contribution >= 4 is 39.1 Å². The number of halogens is 1. The maximum atomic E-state index is 13.1. The van der Waals surface area contributed by atoms with Gasteiger partial charge >= 0.3 is 0 Å². The Morgan fingerprint density at radius 2 is 1.94 bits per heavy atom. The molecule has 0 spiro atoms. The summed E-state index contributed by atoms with van der Waals surface area (Å²) >= 11 is 6.23. The van der Waals surface area contributed by atoms with Crippen molar-refractivity contribution in [1.29, 1.82) is 0 Å². The van der Waals surface area contributed by atoms with Crippen molar-refractivity contribution in [2.75, 3.05) is 0 Å². The molecule has 0 aliphatic rings. The molecule has 0 atom stereocenters. The quantitative estimate of drug-likeness (QED) is 0.270. The van der Waals surface area contributed by atoms with Crippen molar-refractivity contribution < 1.29 is 13.9 Å². The molecule has 0 amide bonds. The number of H-pyrrole nitrogens is 1. The Morgan fingerprint density at radius 1 is 1.09 bits per heavy atom. The zero-order chi connectivity index (χ0) is 22.8. The van der Waals surface area contributed by atoms with Crippen LogP contribution in [0.3, 0.4) is 0 Å². The van der Waals surface area contributed by atoms with Gasteiger partial charge < -0.3 is 9.15 Å². The van der Waals surface area contributed by atoms with Gasteiger partial charge in [0.15, 0.2) is 12.4 Å². The first-order valence-corrected chi connectivity index (χ1v) is 11.1. The summed E-state index contributed by atoms with van der Waals surface area (Å²) in [6.45, 7) is 2.30. The van der Waals surface area contributed by atoms with E-state index in [9.17, 15) is 4.79 Å². The molecular formula is C25H21ClN4O3. The third-order valence-corrected chi connectivity index (χ3v) is 5.75. The van der Waals surface area contributed by atoms with Crippen molar-refractivity contribution in [3.05, 3.63) is 71.0 Å². The van der Waals surface area contributed by atoms with Gasteiger partial charge in [-0.3, -0.25) is 4.79 Å². The average Bonchev–Trinajstić information content (AvgIpc) is 3.48. The molecule has 166 valence electrons. The summed E-state index contributed by atoms with van der Waals surface area (Å²) in [6.07, 6.45) is 2.25. The molecule has 0 aliphatic carbocycles. The molecule has 5 aromatic rings. The Hall–Kier alpha value is -3.71. The molecule has 0 fully saturated rings. The normalized spacial score (nSPS) is 11.3. The number of Topliss-reactive ketones (excluding diaryl/α,β-unsaturated/α-hetero) is 1. The van der Waals surface area contributed by atoms with Crippen molar-refractivity contribution in [2.45, 2.75) is 32.8 Å². The van der Waals surface area contributed by atoms with E-state index in [1.807, 2.05) is 42.5 Å². The van der Waals surface area contributed by atoms with Gasteiger partial charge in [0, 0.05) is 22.4 Å². The van der Waals surface area contributed by atoms with E-state index in [-0.39, 0.29) is 12.4 Å². The van der Waals surface area contributed by atoms with Gasteiger partial charge in [-0.15, -0.1) is 10.2 Å². The highest BCUT2D eigenvalue weighted by atomic mass is 35.5. The van der Waals surface area contributed by atoms with Gasteiger partial charge in [0.1, 0.15) is 17.1 Å². The Labute approximate surface area is 194 Å². The zero-order valence-corrected chi connectivity index (χ0v) is 18.7. The molecule has 0 saturated carbocycles. The number of unbranched alkanes of at least 4 members (excludes halogenated alkanes) is 1. The highest BCUT2D eigenvalue weighted by molar-refractivity contribution is 6.31. The first kappa shape index (κ1) is 21.2. The number of hydrogen-bond donors (Lipinski definition) is 1. The highest BCUT2D eigenvalue weighted by Crippen LogP contribution is 2.37. The Balaban J connectivity index is 1.52. The molecule has 0 bridgehead atoms. The monoisotopic (exact) mass is 460 g/mol. The molecule has 2 heterocycles. The number of ketones is 1. The maximum Gasteiger partial charge on any atom is 0.211 e. The van der Waals surface area contributed by atoms with Crippen LogP contribution in [0.5, 0.6) is 5.75 Å². The lowest BCUT2D eigenvalue weighted by Crippen LogP contribution is -2.00. The van der Waals surface area contributed by atoms with Crippen LogP contribution in [0.2, 0.25) is 5.02 Å². The Kier molecular flexibility index (Phi) is 5.79. The van der Waals surface area contributed by atoms with Crippen LogP contribution in [-0.4, -0.2) is 26.4 Å². The fourth-order valence-corrected chi connectivity index (χ4v) is 4.03. The highest BCUT2D eigenvalue weighted by Gasteiger charge is 2.22. The average molecular weight is 461 g/mol. The predicted molar refractivity (Wildman–Crippen MR) is 127 cm³/mol. The molecule has 33 heavy (non-hydrogen) atoms. The molecule has 0 radical (unpaired) electrons. The summed E-state index contributed by atoms with van der Waals surface area (Å²) in [5.74, 6) is 1.83. The van der Waals surface area contributed by atoms with Crippen LogP contribution >= 0.6 is 11.6 Å². The molecule has 3 aromatic carbocycles. The Bertz CT molecular complexity index is 1440. The van der Waals surface area contributed by atoms with Gasteiger partial charge in [-0.2, -0.15) is 5.21 Å². The number of carbonyl (C=O) groups is 1. The summed E-state index contributed by atoms with van der Waals surface area (Å²) in [7, 11) is 0. The fourth-order valence-electron chi connectivity index (χ4n) is 3.86. The van der Waals surface area contributed by atoms with Crippen LogP contribution in [0.15, 0.2) is 59.0 Å². The largest absolute Gasteiger partial charge is 0.485 e. The summed E-state index contributed by atoms with van der Waals surface area (Å²) in [5.41, 5.74) is 2.09. The van der Waals surface area contributed by atoms with Crippen LogP contribution in [0.4, 0.5) is 0 Å². The first-order chi connectivity index (χ1) is 16.1. The van der Waals surface area contributed by atoms with Crippen LogP contribution in [0.25, 0.3) is 33.1 Å². The number of carbonyl (C=O) groups excluding carboxylic acids is 1. The SMILES string of the molecule is CCCCC(=O)c1c(-c2ccc3cc(OCc4nn[nH]n4)ccc3c2)oc2ccc(Cl)cc12. The molecule has 1 N–H and O–H groups in total. The first-order valence-electron chi connectivity index (χ1n) is 10.8. The number of fused-ring (bicyclic) bond motifs is 2. The number of rotatable bonds is 8. The van der Waals surface area contributed by atoms with Crippen LogP contribution in [0.1, 0.15) is 42.4 Å². The number of tetrazole rings is 1. The smallest absolute Gasteiger partial charge is 0.211 e. The second-order valence-electron chi connectivity index (χ2n) is 7.81. The van der Waals surface area contributed by atoms with Crippen molar-refractivity contribution in [1.82, 2.24) is 20.6 Å². The third-order valence-electron chi connectivity index (χ3n) is 5.52. The van der Waals surface area contributed by atoms with E-state index in [1.165, 1.54) is 0 Å². The molecule has 0 unspecified atom stereocenters. The molecule has 0 aliphatic heterocycles. The van der Waals surface area contributed by atoms with E-state index in [0.717, 1.165) is 34.6 Å². The van der Waals surface area contributed by atoms with Gasteiger partial charge in [0.05, 0.1) is 5.56 Å². The van der Waals surface area contributed by atoms with Gasteiger partial charge in [0.25, 0.3) is 0 Å². The number of benzene rings is 3. The maximum absolute atomic E-state index is 13.1. The number of nitrogens with one attached hydrogen (secondary N) is 1. The zero-order valence-electron chi connectivity index (χ0n) is 18.0. The van der Waals surface area contributed by atoms with E-state index >= 15 is 0 Å². The fraction of sp³-hybridized carbons (Fsp3) is 0.200. The van der Waals surface area contributed by atoms with Crippen LogP contribution in [-0.2, 0) is 6.61 Å². The number of aromatic nitrogens is 4. The van der Waals surface area contributed by atoms with Gasteiger partial charge in [0.2, 0.25) is 5.82 Å². The lowest BCUT2D eigenvalue weighted by atomic mass is 9.97. The predicted octanol–water partition coefficient (Wildman–Crippen LogP) is 6.37. The number of ether oxygens (including phenoxy) is 1. The summed E-state index contributed by atoms with van der Waals surface area (Å²) in [4.78, 5) is 13.1. The molecule has 8 heteroatoms. The van der Waals surface area contributed by atoms with Crippen LogP contribution < -0.4 is 4.74 Å². The van der Waals surface area contributed by atoms with Gasteiger partial charge in [-0.25, -0.2) is 0 Å². The number of hydrogen-bond acceptors (Lipinski definition) is 6. The van der Waals surface area contributed by atoms with E-state index < -0.39 is 0 Å². The molecule has 0 saturated heterocycles. The minimum atomic E-state index is 0.0678. The van der Waals surface area contributed by atoms with E-state index in [2.05, 4.69) is 27.5 Å². The molecule has 7 nitrogen and oxygen atoms in total. The minimum Gasteiger partial charge on any atom is -0.485 e. The van der Waals surface area contributed by atoms with E-state index in [1.54, 1.807) is 12.1 Å². The molecule has 5 rings (SSSR count). The van der Waals surface area contributed by atoms with Crippen molar-refractivity contribution in [2.24, 2.45) is 0 Å².